The quantitative estimate of drug-likeness (QED) is 0.847. The summed E-state index contributed by atoms with van der Waals surface area (Å²) in [5.74, 6) is 0.0845. The lowest BCUT2D eigenvalue weighted by atomic mass is 10.1. The third-order valence-electron chi connectivity index (χ3n) is 3.14. The van der Waals surface area contributed by atoms with Crippen molar-refractivity contribution in [3.8, 4) is 0 Å². The molecule has 0 fully saturated rings. The third kappa shape index (κ3) is 3.38. The minimum Gasteiger partial charge on any atom is -0.315 e. The van der Waals surface area contributed by atoms with Crippen LogP contribution in [0.15, 0.2) is 53.4 Å². The van der Waals surface area contributed by atoms with Gasteiger partial charge < -0.3 is 4.90 Å². The van der Waals surface area contributed by atoms with Crippen molar-refractivity contribution in [3.63, 3.8) is 0 Å². The molecule has 98 valence electrons. The molecule has 0 saturated heterocycles. The Kier molecular flexibility index (Phi) is 4.27. The smallest absolute Gasteiger partial charge is 0.231 e. The predicted octanol–water partition coefficient (Wildman–Crippen LogP) is 3.49. The van der Waals surface area contributed by atoms with Crippen molar-refractivity contribution in [2.45, 2.75) is 18.2 Å². The zero-order valence-corrected chi connectivity index (χ0v) is 12.0. The number of carbonyl (C=O) groups is 1. The van der Waals surface area contributed by atoms with Gasteiger partial charge in [0.2, 0.25) is 5.91 Å². The fourth-order valence-electron chi connectivity index (χ4n) is 1.98. The molecule has 0 bridgehead atoms. The van der Waals surface area contributed by atoms with Crippen molar-refractivity contribution in [1.82, 2.24) is 0 Å². The Hall–Kier alpha value is -1.74. The summed E-state index contributed by atoms with van der Waals surface area (Å²) in [6, 6.07) is 15.6. The van der Waals surface area contributed by atoms with Gasteiger partial charge in [0, 0.05) is 17.6 Å². The first kappa shape index (κ1) is 13.7. The molecule has 2 nitrogen and oxygen atoms in total. The van der Waals surface area contributed by atoms with Crippen molar-refractivity contribution in [3.05, 3.63) is 59.7 Å². The summed E-state index contributed by atoms with van der Waals surface area (Å²) in [5.41, 5.74) is 3.06. The van der Waals surface area contributed by atoms with Crippen LogP contribution in [-0.4, -0.2) is 13.0 Å². The van der Waals surface area contributed by atoms with E-state index in [1.54, 1.807) is 4.90 Å². The van der Waals surface area contributed by atoms with Crippen LogP contribution in [0.4, 0.5) is 5.69 Å². The number of hydrogen-bond acceptors (Lipinski definition) is 2. The van der Waals surface area contributed by atoms with Gasteiger partial charge in [0.05, 0.1) is 6.42 Å². The van der Waals surface area contributed by atoms with Gasteiger partial charge in [0.25, 0.3) is 0 Å². The monoisotopic (exact) mass is 271 g/mol. The highest BCUT2D eigenvalue weighted by molar-refractivity contribution is 7.80. The van der Waals surface area contributed by atoms with Gasteiger partial charge in [0.15, 0.2) is 0 Å². The molecule has 0 heterocycles. The second-order valence-electron chi connectivity index (χ2n) is 4.58. The van der Waals surface area contributed by atoms with Crippen LogP contribution in [0.2, 0.25) is 0 Å². The van der Waals surface area contributed by atoms with Crippen LogP contribution in [0.1, 0.15) is 11.1 Å². The Labute approximate surface area is 119 Å². The number of aryl methyl sites for hydroxylation is 1. The lowest BCUT2D eigenvalue weighted by molar-refractivity contribution is -0.117. The van der Waals surface area contributed by atoms with E-state index in [1.807, 2.05) is 62.5 Å². The van der Waals surface area contributed by atoms with Crippen molar-refractivity contribution in [2.24, 2.45) is 0 Å². The number of para-hydroxylation sites is 1. The SMILES string of the molecule is Cc1ccccc1N(C)C(=O)Cc1ccc(S)cc1. The van der Waals surface area contributed by atoms with Crippen LogP contribution >= 0.6 is 12.6 Å². The van der Waals surface area contributed by atoms with Crippen molar-refractivity contribution in [1.29, 1.82) is 0 Å². The minimum absolute atomic E-state index is 0.0845. The topological polar surface area (TPSA) is 20.3 Å². The minimum atomic E-state index is 0.0845. The van der Waals surface area contributed by atoms with E-state index in [1.165, 1.54) is 0 Å². The number of nitrogens with zero attached hydrogens (tertiary/aromatic N) is 1. The van der Waals surface area contributed by atoms with Crippen molar-refractivity contribution < 1.29 is 4.79 Å². The summed E-state index contributed by atoms with van der Waals surface area (Å²) in [4.78, 5) is 14.9. The van der Waals surface area contributed by atoms with E-state index in [-0.39, 0.29) is 5.91 Å². The van der Waals surface area contributed by atoms with Crippen LogP contribution in [-0.2, 0) is 11.2 Å². The summed E-state index contributed by atoms with van der Waals surface area (Å²) >= 11 is 4.24. The Morgan fingerprint density at radius 1 is 1.11 bits per heavy atom. The molecule has 0 aromatic heterocycles. The number of likely N-dealkylation sites (N-methyl/N-ethyl adjacent to an activating group) is 1. The Balaban J connectivity index is 2.12. The second kappa shape index (κ2) is 5.93. The number of carbonyl (C=O) groups excluding carboxylic acids is 1. The molecular weight excluding hydrogens is 254 g/mol. The van der Waals surface area contributed by atoms with Gasteiger partial charge in [-0.3, -0.25) is 4.79 Å². The van der Waals surface area contributed by atoms with Gasteiger partial charge in [-0.2, -0.15) is 0 Å². The summed E-state index contributed by atoms with van der Waals surface area (Å²) in [7, 11) is 1.82. The summed E-state index contributed by atoms with van der Waals surface area (Å²) in [6.45, 7) is 2.01. The van der Waals surface area contributed by atoms with E-state index in [2.05, 4.69) is 12.6 Å². The summed E-state index contributed by atoms with van der Waals surface area (Å²) in [6.07, 6.45) is 0.402. The third-order valence-corrected chi connectivity index (χ3v) is 3.44. The summed E-state index contributed by atoms with van der Waals surface area (Å²) < 4.78 is 0. The van der Waals surface area contributed by atoms with E-state index in [9.17, 15) is 4.79 Å². The van der Waals surface area contributed by atoms with E-state index < -0.39 is 0 Å². The first-order valence-electron chi connectivity index (χ1n) is 6.18. The van der Waals surface area contributed by atoms with Crippen LogP contribution in [0.3, 0.4) is 0 Å². The number of benzene rings is 2. The molecule has 0 unspecified atom stereocenters. The first-order chi connectivity index (χ1) is 9.08. The lowest BCUT2D eigenvalue weighted by Crippen LogP contribution is -2.28. The van der Waals surface area contributed by atoms with Gasteiger partial charge in [-0.1, -0.05) is 30.3 Å². The van der Waals surface area contributed by atoms with Crippen LogP contribution in [0.25, 0.3) is 0 Å². The molecule has 2 rings (SSSR count). The molecule has 0 radical (unpaired) electrons. The molecule has 0 saturated carbocycles. The standard InChI is InChI=1S/C16H17NOS/c1-12-5-3-4-6-15(12)17(2)16(18)11-13-7-9-14(19)10-8-13/h3-10,19H,11H2,1-2H3. The van der Waals surface area contributed by atoms with Gasteiger partial charge in [-0.15, -0.1) is 12.6 Å². The Morgan fingerprint density at radius 2 is 1.74 bits per heavy atom. The molecule has 2 aromatic carbocycles. The van der Waals surface area contributed by atoms with Crippen molar-refractivity contribution >= 4 is 24.2 Å². The van der Waals surface area contributed by atoms with Gasteiger partial charge >= 0.3 is 0 Å². The fourth-order valence-corrected chi connectivity index (χ4v) is 2.13. The first-order valence-corrected chi connectivity index (χ1v) is 6.63. The van der Waals surface area contributed by atoms with E-state index in [0.717, 1.165) is 21.7 Å². The van der Waals surface area contributed by atoms with E-state index >= 15 is 0 Å². The number of anilines is 1. The predicted molar refractivity (Wildman–Crippen MR) is 82.0 cm³/mol. The number of amides is 1. The zero-order valence-electron chi connectivity index (χ0n) is 11.1. The van der Waals surface area contributed by atoms with Crippen molar-refractivity contribution in [2.75, 3.05) is 11.9 Å². The van der Waals surface area contributed by atoms with E-state index in [4.69, 9.17) is 0 Å². The highest BCUT2D eigenvalue weighted by Gasteiger charge is 2.12. The van der Waals surface area contributed by atoms with Gasteiger partial charge in [-0.05, 0) is 36.2 Å². The molecular formula is C16H17NOS. The molecule has 0 atom stereocenters. The van der Waals surface area contributed by atoms with Crippen LogP contribution < -0.4 is 4.90 Å². The molecule has 19 heavy (non-hydrogen) atoms. The molecule has 0 aliphatic rings. The molecule has 0 aliphatic carbocycles. The average Bonchev–Trinajstić information content (AvgIpc) is 2.41. The van der Waals surface area contributed by atoms with Gasteiger partial charge in [-0.25, -0.2) is 0 Å². The molecule has 0 aliphatic heterocycles. The normalized spacial score (nSPS) is 10.3. The maximum Gasteiger partial charge on any atom is 0.231 e. The lowest BCUT2D eigenvalue weighted by Gasteiger charge is -2.19. The van der Waals surface area contributed by atoms with Gasteiger partial charge in [0.1, 0.15) is 0 Å². The highest BCUT2D eigenvalue weighted by atomic mass is 32.1. The van der Waals surface area contributed by atoms with E-state index in [0.29, 0.717) is 6.42 Å². The number of thiol groups is 1. The highest BCUT2D eigenvalue weighted by Crippen LogP contribution is 2.19. The summed E-state index contributed by atoms with van der Waals surface area (Å²) in [5, 5.41) is 0. The van der Waals surface area contributed by atoms with Crippen LogP contribution in [0, 0.1) is 6.92 Å². The van der Waals surface area contributed by atoms with Crippen LogP contribution in [0.5, 0.6) is 0 Å². The largest absolute Gasteiger partial charge is 0.315 e. The fraction of sp³-hybridized carbons (Fsp3) is 0.188. The zero-order chi connectivity index (χ0) is 13.8. The average molecular weight is 271 g/mol. The second-order valence-corrected chi connectivity index (χ2v) is 5.10. The molecule has 0 spiro atoms. The Morgan fingerprint density at radius 3 is 2.37 bits per heavy atom. The molecule has 0 N–H and O–H groups in total. The molecule has 3 heteroatoms. The maximum atomic E-state index is 12.3. The molecule has 1 amide bonds. The Bertz CT molecular complexity index is 578. The molecule has 2 aromatic rings. The number of hydrogen-bond donors (Lipinski definition) is 1. The maximum absolute atomic E-state index is 12.3. The number of rotatable bonds is 3.